The number of H-pyrrole nitrogens is 1. The van der Waals surface area contributed by atoms with Gasteiger partial charge in [0.2, 0.25) is 12.3 Å². The summed E-state index contributed by atoms with van der Waals surface area (Å²) in [4.78, 5) is 34.4. The SMILES string of the molecule is O=C1N[C@@H]2CCCC[C@@H]2c2[nH]c(-c3ccnc(NC(=O)C(CC(F)F)c4ccc(F)cc4)c3)c(Nc3ccccc3)c21. The summed E-state index contributed by atoms with van der Waals surface area (Å²) in [6.45, 7) is 0. The molecule has 4 aromatic rings. The number of aromatic amines is 1. The molecule has 3 atom stereocenters. The van der Waals surface area contributed by atoms with E-state index in [0.29, 0.717) is 22.5 Å². The predicted octanol–water partition coefficient (Wildman–Crippen LogP) is 7.11. The lowest BCUT2D eigenvalue weighted by Crippen LogP contribution is -2.45. The number of fused-ring (bicyclic) bond motifs is 3. The molecule has 3 heterocycles. The van der Waals surface area contributed by atoms with Gasteiger partial charge in [-0.15, -0.1) is 0 Å². The zero-order valence-electron chi connectivity index (χ0n) is 22.7. The second kappa shape index (κ2) is 11.7. The lowest BCUT2D eigenvalue weighted by atomic mass is 9.78. The second-order valence-corrected chi connectivity index (χ2v) is 10.8. The molecule has 216 valence electrons. The van der Waals surface area contributed by atoms with Gasteiger partial charge in [-0.3, -0.25) is 9.59 Å². The smallest absolute Gasteiger partial charge is 0.255 e. The fourth-order valence-corrected chi connectivity index (χ4v) is 6.07. The molecule has 1 aliphatic carbocycles. The maximum Gasteiger partial charge on any atom is 0.255 e. The molecule has 1 fully saturated rings. The third kappa shape index (κ3) is 5.61. The Bertz CT molecular complexity index is 1590. The molecule has 4 N–H and O–H groups in total. The Morgan fingerprint density at radius 2 is 1.79 bits per heavy atom. The van der Waals surface area contributed by atoms with E-state index in [0.717, 1.165) is 49.2 Å². The first-order valence-corrected chi connectivity index (χ1v) is 14.1. The Morgan fingerprint density at radius 3 is 2.55 bits per heavy atom. The number of alkyl halides is 2. The normalized spacial score (nSPS) is 18.5. The lowest BCUT2D eigenvalue weighted by molar-refractivity contribution is -0.118. The molecule has 2 aromatic heterocycles. The van der Waals surface area contributed by atoms with E-state index in [1.54, 1.807) is 12.1 Å². The van der Waals surface area contributed by atoms with Gasteiger partial charge in [-0.25, -0.2) is 18.2 Å². The average Bonchev–Trinajstić information content (AvgIpc) is 3.37. The van der Waals surface area contributed by atoms with Crippen LogP contribution in [0.15, 0.2) is 72.9 Å². The summed E-state index contributed by atoms with van der Waals surface area (Å²) >= 11 is 0. The molecule has 7 nitrogen and oxygen atoms in total. The van der Waals surface area contributed by atoms with Gasteiger partial charge >= 0.3 is 0 Å². The van der Waals surface area contributed by atoms with Crippen molar-refractivity contribution in [1.29, 1.82) is 0 Å². The molecule has 0 bridgehead atoms. The first kappa shape index (κ1) is 27.6. The van der Waals surface area contributed by atoms with Crippen molar-refractivity contribution < 1.29 is 22.8 Å². The maximum absolute atomic E-state index is 13.4. The Kier molecular flexibility index (Phi) is 7.69. The number of nitrogens with zero attached hydrogens (tertiary/aromatic N) is 1. The molecule has 0 spiro atoms. The van der Waals surface area contributed by atoms with Crippen molar-refractivity contribution in [2.24, 2.45) is 0 Å². The van der Waals surface area contributed by atoms with Gasteiger partial charge in [-0.1, -0.05) is 43.2 Å². The number of carbonyl (C=O) groups is 2. The summed E-state index contributed by atoms with van der Waals surface area (Å²) in [6, 6.07) is 17.9. The molecular formula is C32H30F3N5O2. The minimum Gasteiger partial charge on any atom is -0.356 e. The van der Waals surface area contributed by atoms with Crippen molar-refractivity contribution in [1.82, 2.24) is 15.3 Å². The van der Waals surface area contributed by atoms with E-state index in [-0.39, 0.29) is 29.2 Å². The van der Waals surface area contributed by atoms with E-state index in [2.05, 4.69) is 25.9 Å². The number of para-hydroxylation sites is 1. The van der Waals surface area contributed by atoms with Crippen LogP contribution in [0.25, 0.3) is 11.3 Å². The number of hydrogen-bond donors (Lipinski definition) is 4. The van der Waals surface area contributed by atoms with Crippen LogP contribution in [-0.2, 0) is 4.79 Å². The highest BCUT2D eigenvalue weighted by molar-refractivity contribution is 6.07. The number of amides is 2. The maximum atomic E-state index is 13.4. The highest BCUT2D eigenvalue weighted by Crippen LogP contribution is 2.45. The molecule has 2 aromatic carbocycles. The van der Waals surface area contributed by atoms with Gasteiger partial charge in [0.25, 0.3) is 5.91 Å². The Balaban J connectivity index is 1.36. The number of pyridine rings is 1. The molecule has 1 saturated carbocycles. The van der Waals surface area contributed by atoms with Gasteiger partial charge in [0.15, 0.2) is 0 Å². The molecule has 1 aliphatic heterocycles. The highest BCUT2D eigenvalue weighted by Gasteiger charge is 2.39. The largest absolute Gasteiger partial charge is 0.356 e. The van der Waals surface area contributed by atoms with Crippen molar-refractivity contribution in [3.63, 3.8) is 0 Å². The van der Waals surface area contributed by atoms with Gasteiger partial charge in [0.05, 0.1) is 22.9 Å². The van der Waals surface area contributed by atoms with Gasteiger partial charge in [0.1, 0.15) is 11.6 Å². The Morgan fingerprint density at radius 1 is 1.02 bits per heavy atom. The zero-order chi connectivity index (χ0) is 29.2. The fourth-order valence-electron chi connectivity index (χ4n) is 6.07. The van der Waals surface area contributed by atoms with Crippen LogP contribution >= 0.6 is 0 Å². The van der Waals surface area contributed by atoms with Crippen LogP contribution in [-0.4, -0.2) is 34.2 Å². The van der Waals surface area contributed by atoms with Crippen LogP contribution < -0.4 is 16.0 Å². The van der Waals surface area contributed by atoms with Crippen LogP contribution in [0.2, 0.25) is 0 Å². The molecule has 10 heteroatoms. The van der Waals surface area contributed by atoms with E-state index in [1.165, 1.54) is 18.3 Å². The fraction of sp³-hybridized carbons (Fsp3) is 0.281. The summed E-state index contributed by atoms with van der Waals surface area (Å²) in [5.41, 5.74) is 4.45. The molecule has 0 radical (unpaired) electrons. The lowest BCUT2D eigenvalue weighted by Gasteiger charge is -2.36. The number of aromatic nitrogens is 2. The summed E-state index contributed by atoms with van der Waals surface area (Å²) in [7, 11) is 0. The second-order valence-electron chi connectivity index (χ2n) is 10.8. The van der Waals surface area contributed by atoms with Crippen molar-refractivity contribution in [2.75, 3.05) is 10.6 Å². The minimum absolute atomic E-state index is 0.0698. The summed E-state index contributed by atoms with van der Waals surface area (Å²) < 4.78 is 40.3. The van der Waals surface area contributed by atoms with E-state index in [4.69, 9.17) is 0 Å². The topological polar surface area (TPSA) is 98.9 Å². The first-order valence-electron chi connectivity index (χ1n) is 14.1. The van der Waals surface area contributed by atoms with E-state index >= 15 is 0 Å². The molecule has 42 heavy (non-hydrogen) atoms. The third-order valence-electron chi connectivity index (χ3n) is 8.06. The number of nitrogens with one attached hydrogen (secondary N) is 4. The van der Waals surface area contributed by atoms with Crippen LogP contribution in [0, 0.1) is 5.82 Å². The summed E-state index contributed by atoms with van der Waals surface area (Å²) in [5.74, 6) is -2.22. The molecule has 6 rings (SSSR count). The van der Waals surface area contributed by atoms with Crippen molar-refractivity contribution in [3.8, 4) is 11.3 Å². The molecule has 1 unspecified atom stereocenters. The monoisotopic (exact) mass is 573 g/mol. The quantitative estimate of drug-likeness (QED) is 0.181. The standard InChI is InChI=1S/C32H30F3N5O2/c33-20-12-10-18(11-13-20)23(17-25(34)35)31(41)39-26-16-19(14-15-36-26)28-30(37-21-6-2-1-3-7-21)27-29(40-28)22-8-4-5-9-24(22)38-32(27)42/h1-3,6-7,10-16,22-25,37,40H,4-5,8-9,17H2,(H,38,42)(H,36,39,41)/t22-,23?,24+/m0/s1. The number of anilines is 3. The van der Waals surface area contributed by atoms with E-state index in [1.807, 2.05) is 30.3 Å². The number of rotatable bonds is 8. The van der Waals surface area contributed by atoms with E-state index in [9.17, 15) is 22.8 Å². The Labute approximate surface area is 241 Å². The first-order chi connectivity index (χ1) is 20.4. The van der Waals surface area contributed by atoms with Crippen molar-refractivity contribution >= 4 is 29.0 Å². The molecule has 0 saturated heterocycles. The molecule has 2 aliphatic rings. The number of benzene rings is 2. The van der Waals surface area contributed by atoms with E-state index < -0.39 is 30.5 Å². The van der Waals surface area contributed by atoms with Crippen molar-refractivity contribution in [3.05, 3.63) is 95.6 Å². The number of hydrogen-bond acceptors (Lipinski definition) is 4. The molecule has 2 amide bonds. The van der Waals surface area contributed by atoms with Crippen LogP contribution in [0.3, 0.4) is 0 Å². The number of carbonyl (C=O) groups excluding carboxylic acids is 2. The third-order valence-corrected chi connectivity index (χ3v) is 8.06. The van der Waals surface area contributed by atoms with Crippen molar-refractivity contribution in [2.45, 2.75) is 56.4 Å². The van der Waals surface area contributed by atoms with Crippen LogP contribution in [0.4, 0.5) is 30.4 Å². The van der Waals surface area contributed by atoms with Crippen LogP contribution in [0.5, 0.6) is 0 Å². The zero-order valence-corrected chi connectivity index (χ0v) is 22.7. The van der Waals surface area contributed by atoms with Gasteiger partial charge in [-0.2, -0.15) is 0 Å². The highest BCUT2D eigenvalue weighted by atomic mass is 19.3. The summed E-state index contributed by atoms with van der Waals surface area (Å²) in [5, 5.41) is 9.28. The van der Waals surface area contributed by atoms with Gasteiger partial charge in [-0.05, 0) is 54.8 Å². The minimum atomic E-state index is -2.74. The average molecular weight is 574 g/mol. The van der Waals surface area contributed by atoms with Gasteiger partial charge in [0, 0.05) is 41.5 Å². The Hall–Kier alpha value is -4.60. The molecular weight excluding hydrogens is 543 g/mol. The van der Waals surface area contributed by atoms with Gasteiger partial charge < -0.3 is 20.9 Å². The summed E-state index contributed by atoms with van der Waals surface area (Å²) in [6.07, 6.45) is 2.07. The van der Waals surface area contributed by atoms with Crippen LogP contribution in [0.1, 0.15) is 65.6 Å². The number of halogens is 3. The predicted molar refractivity (Wildman–Crippen MR) is 155 cm³/mol.